The molecule has 0 saturated heterocycles. The first-order valence-corrected chi connectivity index (χ1v) is 12.7. The van der Waals surface area contributed by atoms with Gasteiger partial charge in [-0.2, -0.15) is 0 Å². The molecule has 1 heterocycles. The van der Waals surface area contributed by atoms with Crippen molar-refractivity contribution in [1.29, 1.82) is 0 Å². The number of benzene rings is 3. The van der Waals surface area contributed by atoms with Gasteiger partial charge < -0.3 is 20.4 Å². The molecular weight excluding hydrogens is 499 g/mol. The van der Waals surface area contributed by atoms with E-state index in [0.29, 0.717) is 16.8 Å². The van der Waals surface area contributed by atoms with E-state index < -0.39 is 17.4 Å². The smallest absolute Gasteiger partial charge is 0.307 e. The molecule has 0 radical (unpaired) electrons. The first-order valence-electron chi connectivity index (χ1n) is 12.7. The summed E-state index contributed by atoms with van der Waals surface area (Å²) in [6.45, 7) is 11.4. The van der Waals surface area contributed by atoms with Crippen LogP contribution in [0.15, 0.2) is 48.5 Å². The van der Waals surface area contributed by atoms with E-state index in [1.807, 2.05) is 32.9 Å². The third-order valence-corrected chi connectivity index (χ3v) is 6.34. The van der Waals surface area contributed by atoms with Crippen molar-refractivity contribution in [1.82, 2.24) is 4.90 Å². The molecule has 1 aliphatic rings. The van der Waals surface area contributed by atoms with Crippen LogP contribution in [-0.4, -0.2) is 38.5 Å². The molecule has 8 heteroatoms. The maximum atomic E-state index is 13.6. The Hall–Kier alpha value is -4.04. The molecule has 3 N–H and O–H groups in total. The minimum absolute atomic E-state index is 0.252. The summed E-state index contributed by atoms with van der Waals surface area (Å²) in [7, 11) is 0. The maximum absolute atomic E-state index is 13.6. The fourth-order valence-corrected chi connectivity index (χ4v) is 4.44. The van der Waals surface area contributed by atoms with Crippen LogP contribution < -0.4 is 5.32 Å². The Bertz CT molecular complexity index is 1400. The van der Waals surface area contributed by atoms with Crippen LogP contribution in [-0.2, 0) is 24.3 Å². The summed E-state index contributed by atoms with van der Waals surface area (Å²) in [6, 6.07) is 12.7. The third kappa shape index (κ3) is 7.51. The van der Waals surface area contributed by atoms with Crippen LogP contribution in [0.2, 0.25) is 0 Å². The van der Waals surface area contributed by atoms with Crippen molar-refractivity contribution in [3.8, 4) is 0 Å². The molecule has 0 saturated carbocycles. The van der Waals surface area contributed by atoms with Gasteiger partial charge in [0.1, 0.15) is 5.82 Å². The standard InChI is InChI=1S/C27H25FN2O4.C4H10O/c1-15-7-9-18(10-8-15)26(33)29-25-17(3)23-14-30(27(34)19-5-4-6-20(28)11-19)13-22(23)16(2)21(25)12-24(31)32;1-4(2,3)5/h4-11H,12-14H2,1-3H3,(H,29,33)(H,31,32);5H,1-3H3. The van der Waals surface area contributed by atoms with Gasteiger partial charge in [-0.1, -0.05) is 23.8 Å². The van der Waals surface area contributed by atoms with Crippen LogP contribution in [0.25, 0.3) is 0 Å². The fraction of sp³-hybridized carbons (Fsp3) is 0.323. The molecule has 0 atom stereocenters. The number of aliphatic carboxylic acids is 1. The molecule has 0 unspecified atom stereocenters. The van der Waals surface area contributed by atoms with Gasteiger partial charge >= 0.3 is 5.97 Å². The number of amides is 2. The third-order valence-electron chi connectivity index (χ3n) is 6.34. The molecule has 0 aliphatic carbocycles. The van der Waals surface area contributed by atoms with Crippen molar-refractivity contribution >= 4 is 23.5 Å². The van der Waals surface area contributed by atoms with Gasteiger partial charge in [-0.15, -0.1) is 0 Å². The van der Waals surface area contributed by atoms with Gasteiger partial charge in [-0.05, 0) is 99.7 Å². The Morgan fingerprint density at radius 1 is 0.923 bits per heavy atom. The molecule has 0 bridgehead atoms. The summed E-state index contributed by atoms with van der Waals surface area (Å²) in [6.07, 6.45) is -0.263. The second-order valence-electron chi connectivity index (χ2n) is 10.8. The lowest BCUT2D eigenvalue weighted by Crippen LogP contribution is -2.25. The Balaban J connectivity index is 0.000000771. The number of aliphatic hydroxyl groups is 1. The highest BCUT2D eigenvalue weighted by Crippen LogP contribution is 2.38. The summed E-state index contributed by atoms with van der Waals surface area (Å²) >= 11 is 0. The van der Waals surface area contributed by atoms with Gasteiger partial charge in [0.05, 0.1) is 12.0 Å². The first kappa shape index (κ1) is 29.5. The average Bonchev–Trinajstić information content (AvgIpc) is 3.29. The topological polar surface area (TPSA) is 107 Å². The van der Waals surface area contributed by atoms with Crippen molar-refractivity contribution in [2.45, 2.75) is 66.7 Å². The van der Waals surface area contributed by atoms with Gasteiger partial charge in [0.25, 0.3) is 11.8 Å². The number of aryl methyl sites for hydroxylation is 1. The van der Waals surface area contributed by atoms with E-state index in [1.54, 1.807) is 43.9 Å². The lowest BCUT2D eigenvalue weighted by atomic mass is 9.90. The minimum atomic E-state index is -1.01. The molecule has 39 heavy (non-hydrogen) atoms. The van der Waals surface area contributed by atoms with Gasteiger partial charge in [0, 0.05) is 29.9 Å². The highest BCUT2D eigenvalue weighted by Gasteiger charge is 2.31. The monoisotopic (exact) mass is 534 g/mol. The molecule has 7 nitrogen and oxygen atoms in total. The number of anilines is 1. The number of hydrogen-bond acceptors (Lipinski definition) is 4. The number of rotatable bonds is 5. The van der Waals surface area contributed by atoms with Crippen molar-refractivity contribution < 1.29 is 29.0 Å². The molecule has 4 rings (SSSR count). The van der Waals surface area contributed by atoms with E-state index in [1.165, 1.54) is 18.2 Å². The largest absolute Gasteiger partial charge is 0.481 e. The lowest BCUT2D eigenvalue weighted by Gasteiger charge is -2.20. The van der Waals surface area contributed by atoms with Crippen LogP contribution in [0.3, 0.4) is 0 Å². The zero-order chi connectivity index (χ0) is 29.1. The number of nitrogens with zero attached hydrogens (tertiary/aromatic N) is 1. The van der Waals surface area contributed by atoms with Gasteiger partial charge in [-0.25, -0.2) is 4.39 Å². The van der Waals surface area contributed by atoms with E-state index in [2.05, 4.69) is 5.32 Å². The summed E-state index contributed by atoms with van der Waals surface area (Å²) in [5.41, 5.74) is 5.42. The van der Waals surface area contributed by atoms with Crippen LogP contribution in [0, 0.1) is 26.6 Å². The second kappa shape index (κ2) is 11.8. The van der Waals surface area contributed by atoms with Crippen LogP contribution in [0.1, 0.15) is 74.9 Å². The molecule has 3 aromatic rings. The molecule has 0 fully saturated rings. The number of carboxylic acids is 1. The van der Waals surface area contributed by atoms with E-state index in [-0.39, 0.29) is 36.9 Å². The lowest BCUT2D eigenvalue weighted by molar-refractivity contribution is -0.136. The normalized spacial score (nSPS) is 12.4. The fourth-order valence-electron chi connectivity index (χ4n) is 4.44. The van der Waals surface area contributed by atoms with E-state index in [0.717, 1.165) is 27.8 Å². The number of fused-ring (bicyclic) bond motifs is 1. The molecule has 1 aliphatic heterocycles. The number of carboxylic acid groups (broad SMARTS) is 1. The summed E-state index contributed by atoms with van der Waals surface area (Å²) in [5.74, 6) is -2.14. The van der Waals surface area contributed by atoms with Gasteiger partial charge in [0.2, 0.25) is 0 Å². The van der Waals surface area contributed by atoms with Crippen molar-refractivity contribution in [2.75, 3.05) is 5.32 Å². The first-order chi connectivity index (χ1) is 18.2. The Kier molecular flexibility index (Phi) is 8.92. The molecule has 0 aromatic heterocycles. The van der Waals surface area contributed by atoms with E-state index in [9.17, 15) is 23.9 Å². The zero-order valence-corrected chi connectivity index (χ0v) is 23.2. The Morgan fingerprint density at radius 2 is 1.49 bits per heavy atom. The Labute approximate surface area is 228 Å². The molecule has 0 spiro atoms. The van der Waals surface area contributed by atoms with Crippen LogP contribution in [0.4, 0.5) is 10.1 Å². The number of nitrogens with one attached hydrogen (secondary N) is 1. The highest BCUT2D eigenvalue weighted by atomic mass is 19.1. The van der Waals surface area contributed by atoms with E-state index >= 15 is 0 Å². The summed E-state index contributed by atoms with van der Waals surface area (Å²) in [4.78, 5) is 39.2. The minimum Gasteiger partial charge on any atom is -0.481 e. The average molecular weight is 535 g/mol. The second-order valence-corrected chi connectivity index (χ2v) is 10.8. The predicted octanol–water partition coefficient (Wildman–Crippen LogP) is 5.56. The van der Waals surface area contributed by atoms with Crippen molar-refractivity contribution in [3.63, 3.8) is 0 Å². The van der Waals surface area contributed by atoms with Gasteiger partial charge in [-0.3, -0.25) is 14.4 Å². The quantitative estimate of drug-likeness (QED) is 0.397. The molecular formula is C31H35FN2O5. The molecule has 206 valence electrons. The summed E-state index contributed by atoms with van der Waals surface area (Å²) < 4.78 is 13.6. The zero-order valence-electron chi connectivity index (χ0n) is 23.2. The van der Waals surface area contributed by atoms with Crippen LogP contribution in [0.5, 0.6) is 0 Å². The maximum Gasteiger partial charge on any atom is 0.307 e. The number of carbonyl (C=O) groups is 3. The van der Waals surface area contributed by atoms with Crippen molar-refractivity contribution in [2.24, 2.45) is 0 Å². The number of carbonyl (C=O) groups excluding carboxylic acids is 2. The predicted molar refractivity (Wildman–Crippen MR) is 148 cm³/mol. The summed E-state index contributed by atoms with van der Waals surface area (Å²) in [5, 5.41) is 21.0. The molecule has 3 aromatic carbocycles. The van der Waals surface area contributed by atoms with Gasteiger partial charge in [0.15, 0.2) is 0 Å². The SMILES string of the molecule is CC(C)(C)O.Cc1ccc(C(=O)Nc2c(C)c3c(c(C)c2CC(=O)O)CN(C(=O)c2cccc(F)c2)C3)cc1. The number of hydrogen-bond donors (Lipinski definition) is 3. The van der Waals surface area contributed by atoms with Crippen molar-refractivity contribution in [3.05, 3.63) is 98.9 Å². The van der Waals surface area contributed by atoms with Crippen LogP contribution >= 0.6 is 0 Å². The number of halogens is 1. The highest BCUT2D eigenvalue weighted by molar-refractivity contribution is 6.05. The van der Waals surface area contributed by atoms with E-state index in [4.69, 9.17) is 5.11 Å². The molecule has 2 amide bonds. The Morgan fingerprint density at radius 3 is 2.03 bits per heavy atom.